The van der Waals surface area contributed by atoms with Gasteiger partial charge in [0.25, 0.3) is 0 Å². The summed E-state index contributed by atoms with van der Waals surface area (Å²) < 4.78 is 5.32. The number of hydrogen-bond donors (Lipinski definition) is 0. The summed E-state index contributed by atoms with van der Waals surface area (Å²) in [6, 6.07) is 0. The molecule has 1 aliphatic heterocycles. The number of rotatable bonds is 3. The first-order chi connectivity index (χ1) is 3.88. The lowest BCUT2D eigenvalue weighted by Gasteiger charge is -1.83. The van der Waals surface area contributed by atoms with E-state index in [4.69, 9.17) is 4.74 Å². The Bertz CT molecular complexity index is 74.9. The van der Waals surface area contributed by atoms with Crippen molar-refractivity contribution < 1.29 is 4.74 Å². The van der Waals surface area contributed by atoms with Gasteiger partial charge in [0.1, 0.15) is 0 Å². The van der Waals surface area contributed by atoms with Gasteiger partial charge in [0.2, 0.25) is 0 Å². The molecular formula is C6H12OSi. The van der Waals surface area contributed by atoms with Crippen molar-refractivity contribution in [2.45, 2.75) is 38.1 Å². The Labute approximate surface area is 53.2 Å². The summed E-state index contributed by atoms with van der Waals surface area (Å²) in [5.41, 5.74) is 0.648. The SMILES string of the molecule is CCCC1OC1[Si]C. The van der Waals surface area contributed by atoms with Gasteiger partial charge in [0.15, 0.2) is 0 Å². The van der Waals surface area contributed by atoms with E-state index in [-0.39, 0.29) is 0 Å². The van der Waals surface area contributed by atoms with E-state index in [0.717, 1.165) is 9.52 Å². The lowest BCUT2D eigenvalue weighted by Crippen LogP contribution is -1.98. The molecule has 1 fully saturated rings. The van der Waals surface area contributed by atoms with Crippen molar-refractivity contribution in [3.63, 3.8) is 0 Å². The van der Waals surface area contributed by atoms with Gasteiger partial charge in [-0.15, -0.1) is 0 Å². The van der Waals surface area contributed by atoms with Crippen LogP contribution < -0.4 is 0 Å². The van der Waals surface area contributed by atoms with E-state index >= 15 is 0 Å². The van der Waals surface area contributed by atoms with E-state index < -0.39 is 0 Å². The highest BCUT2D eigenvalue weighted by atomic mass is 28.2. The monoisotopic (exact) mass is 128 g/mol. The van der Waals surface area contributed by atoms with Crippen molar-refractivity contribution in [2.75, 3.05) is 0 Å². The molecule has 2 radical (unpaired) electrons. The fraction of sp³-hybridized carbons (Fsp3) is 1.00. The zero-order valence-electron chi connectivity index (χ0n) is 5.48. The van der Waals surface area contributed by atoms with Gasteiger partial charge in [-0.1, -0.05) is 19.9 Å². The molecule has 1 saturated heterocycles. The van der Waals surface area contributed by atoms with Crippen LogP contribution in [0.3, 0.4) is 0 Å². The highest BCUT2D eigenvalue weighted by molar-refractivity contribution is 6.36. The molecule has 1 heterocycles. The molecule has 0 aromatic heterocycles. The third kappa shape index (κ3) is 1.33. The third-order valence-electron chi connectivity index (χ3n) is 1.44. The molecule has 0 spiro atoms. The van der Waals surface area contributed by atoms with Gasteiger partial charge in [0, 0.05) is 0 Å². The Kier molecular flexibility index (Phi) is 2.08. The molecule has 0 aromatic carbocycles. The molecule has 46 valence electrons. The molecule has 1 rings (SSSR count). The number of hydrogen-bond acceptors (Lipinski definition) is 1. The lowest BCUT2D eigenvalue weighted by atomic mass is 10.3. The molecule has 2 heteroatoms. The van der Waals surface area contributed by atoms with Crippen molar-refractivity contribution >= 4 is 9.52 Å². The van der Waals surface area contributed by atoms with Crippen molar-refractivity contribution in [3.05, 3.63) is 0 Å². The predicted molar refractivity (Wildman–Crippen MR) is 35.2 cm³/mol. The molecule has 2 unspecified atom stereocenters. The zero-order chi connectivity index (χ0) is 5.98. The second-order valence-electron chi connectivity index (χ2n) is 2.17. The van der Waals surface area contributed by atoms with Crippen LogP contribution in [0.2, 0.25) is 6.55 Å². The van der Waals surface area contributed by atoms with Crippen molar-refractivity contribution in [3.8, 4) is 0 Å². The molecular weight excluding hydrogens is 116 g/mol. The average Bonchev–Trinajstić information content (AvgIpc) is 2.48. The average molecular weight is 128 g/mol. The van der Waals surface area contributed by atoms with Crippen LogP contribution in [0.1, 0.15) is 19.8 Å². The zero-order valence-corrected chi connectivity index (χ0v) is 6.48. The van der Waals surface area contributed by atoms with E-state index in [9.17, 15) is 0 Å². The minimum absolute atomic E-state index is 0.642. The van der Waals surface area contributed by atoms with E-state index in [2.05, 4.69) is 13.5 Å². The molecule has 2 atom stereocenters. The fourth-order valence-corrected chi connectivity index (χ4v) is 1.75. The van der Waals surface area contributed by atoms with Crippen LogP contribution in [0.5, 0.6) is 0 Å². The largest absolute Gasteiger partial charge is 0.374 e. The Hall–Kier alpha value is 0.177. The van der Waals surface area contributed by atoms with E-state index in [0.29, 0.717) is 11.8 Å². The van der Waals surface area contributed by atoms with Gasteiger partial charge in [-0.2, -0.15) is 0 Å². The Balaban J connectivity index is 1.99. The fourth-order valence-electron chi connectivity index (χ4n) is 0.901. The Morgan fingerprint density at radius 2 is 2.38 bits per heavy atom. The van der Waals surface area contributed by atoms with Gasteiger partial charge in [-0.3, -0.25) is 0 Å². The molecule has 8 heavy (non-hydrogen) atoms. The minimum Gasteiger partial charge on any atom is -0.374 e. The standard InChI is InChI=1S/C6H12OSi/c1-3-4-5-6(7-5)8-2/h5-6H,3-4H2,1-2H3. The molecule has 0 amide bonds. The topological polar surface area (TPSA) is 12.5 Å². The predicted octanol–water partition coefficient (Wildman–Crippen LogP) is 1.26. The quantitative estimate of drug-likeness (QED) is 0.412. The van der Waals surface area contributed by atoms with Gasteiger partial charge in [-0.05, 0) is 6.42 Å². The van der Waals surface area contributed by atoms with Crippen LogP contribution in [-0.4, -0.2) is 21.4 Å². The first-order valence-corrected chi connectivity index (χ1v) is 4.79. The maximum atomic E-state index is 5.32. The highest BCUT2D eigenvalue weighted by Crippen LogP contribution is 2.24. The van der Waals surface area contributed by atoms with E-state index in [1.54, 1.807) is 0 Å². The Morgan fingerprint density at radius 3 is 2.75 bits per heavy atom. The summed E-state index contributed by atoms with van der Waals surface area (Å²) in [5.74, 6) is 0. The molecule has 0 aromatic rings. The van der Waals surface area contributed by atoms with E-state index in [1.807, 2.05) is 0 Å². The summed E-state index contributed by atoms with van der Waals surface area (Å²) in [6.07, 6.45) is 3.18. The van der Waals surface area contributed by atoms with Crippen molar-refractivity contribution in [2.24, 2.45) is 0 Å². The van der Waals surface area contributed by atoms with Crippen LogP contribution in [0.4, 0.5) is 0 Å². The van der Waals surface area contributed by atoms with Gasteiger partial charge in [0.05, 0.1) is 21.4 Å². The Morgan fingerprint density at radius 1 is 1.62 bits per heavy atom. The van der Waals surface area contributed by atoms with Gasteiger partial charge >= 0.3 is 0 Å². The van der Waals surface area contributed by atoms with Gasteiger partial charge < -0.3 is 4.74 Å². The lowest BCUT2D eigenvalue weighted by molar-refractivity contribution is 0.385. The minimum atomic E-state index is 0.642. The maximum absolute atomic E-state index is 5.32. The first kappa shape index (κ1) is 6.30. The maximum Gasteiger partial charge on any atom is 0.0802 e. The smallest absolute Gasteiger partial charge is 0.0802 e. The van der Waals surface area contributed by atoms with E-state index in [1.165, 1.54) is 12.8 Å². The molecule has 0 saturated carbocycles. The second kappa shape index (κ2) is 2.64. The normalized spacial score (nSPS) is 35.2. The molecule has 1 nitrogen and oxygen atoms in total. The second-order valence-corrected chi connectivity index (χ2v) is 3.32. The van der Waals surface area contributed by atoms with Crippen molar-refractivity contribution in [1.82, 2.24) is 0 Å². The molecule has 0 bridgehead atoms. The molecule has 0 N–H and O–H groups in total. The molecule has 0 aliphatic carbocycles. The van der Waals surface area contributed by atoms with Crippen LogP contribution in [0.15, 0.2) is 0 Å². The molecule has 1 aliphatic rings. The van der Waals surface area contributed by atoms with Crippen molar-refractivity contribution in [1.29, 1.82) is 0 Å². The summed E-state index contributed by atoms with van der Waals surface area (Å²) in [4.78, 5) is 0. The first-order valence-electron chi connectivity index (χ1n) is 3.21. The summed E-state index contributed by atoms with van der Waals surface area (Å²) in [7, 11) is 0.993. The van der Waals surface area contributed by atoms with Crippen LogP contribution in [-0.2, 0) is 4.74 Å². The third-order valence-corrected chi connectivity index (χ3v) is 2.52. The van der Waals surface area contributed by atoms with Gasteiger partial charge in [-0.25, -0.2) is 0 Å². The van der Waals surface area contributed by atoms with Crippen LogP contribution in [0.25, 0.3) is 0 Å². The summed E-state index contributed by atoms with van der Waals surface area (Å²) >= 11 is 0. The van der Waals surface area contributed by atoms with Crippen LogP contribution >= 0.6 is 0 Å². The summed E-state index contributed by atoms with van der Waals surface area (Å²) in [5, 5.41) is 0. The van der Waals surface area contributed by atoms with Crippen LogP contribution in [0, 0.1) is 0 Å². The number of ether oxygens (including phenoxy) is 1. The summed E-state index contributed by atoms with van der Waals surface area (Å²) in [6.45, 7) is 4.41. The highest BCUT2D eigenvalue weighted by Gasteiger charge is 2.35. The number of epoxide rings is 1.